The average molecular weight is 546 g/mol. The SMILES string of the molecule is CC(C)(C)NC(CCC(=O)NCCOc1ccc(CC(NC(C)(C)C)C(=O)C(C)(C)C)cc1)C(=O)C(C)(C)C. The van der Waals surface area contributed by atoms with Crippen LogP contribution in [0, 0.1) is 10.8 Å². The number of rotatable bonds is 13. The molecule has 0 fully saturated rings. The lowest BCUT2D eigenvalue weighted by atomic mass is 9.83. The first-order chi connectivity index (χ1) is 17.6. The van der Waals surface area contributed by atoms with Crippen LogP contribution in [0.4, 0.5) is 0 Å². The van der Waals surface area contributed by atoms with Crippen LogP contribution in [0.25, 0.3) is 0 Å². The predicted octanol–water partition coefficient (Wildman–Crippen LogP) is 5.25. The molecule has 0 spiro atoms. The van der Waals surface area contributed by atoms with Gasteiger partial charge in [0, 0.05) is 28.3 Å². The lowest BCUT2D eigenvalue weighted by Gasteiger charge is -2.32. The zero-order chi connectivity index (χ0) is 30.2. The number of benzene rings is 1. The lowest BCUT2D eigenvalue weighted by molar-refractivity contribution is -0.130. The molecule has 0 bridgehead atoms. The maximum absolute atomic E-state index is 13.0. The number of hydrogen-bond donors (Lipinski definition) is 3. The van der Waals surface area contributed by atoms with Gasteiger partial charge in [0.25, 0.3) is 0 Å². The van der Waals surface area contributed by atoms with Crippen LogP contribution in [-0.2, 0) is 20.8 Å². The number of carbonyl (C=O) groups excluding carboxylic acids is 3. The zero-order valence-corrected chi connectivity index (χ0v) is 26.6. The molecule has 39 heavy (non-hydrogen) atoms. The van der Waals surface area contributed by atoms with E-state index in [0.717, 1.165) is 5.56 Å². The fourth-order valence-electron chi connectivity index (χ4n) is 4.25. The van der Waals surface area contributed by atoms with Crippen molar-refractivity contribution in [2.45, 2.75) is 126 Å². The monoisotopic (exact) mass is 545 g/mol. The highest BCUT2D eigenvalue weighted by Crippen LogP contribution is 2.22. The van der Waals surface area contributed by atoms with Crippen molar-refractivity contribution in [3.8, 4) is 5.75 Å². The third-order valence-electron chi connectivity index (χ3n) is 6.04. The first-order valence-corrected chi connectivity index (χ1v) is 14.2. The van der Waals surface area contributed by atoms with Gasteiger partial charge in [0.05, 0.1) is 18.6 Å². The predicted molar refractivity (Wildman–Crippen MR) is 160 cm³/mol. The van der Waals surface area contributed by atoms with Crippen molar-refractivity contribution in [1.82, 2.24) is 16.0 Å². The van der Waals surface area contributed by atoms with Gasteiger partial charge in [0.1, 0.15) is 12.4 Å². The van der Waals surface area contributed by atoms with E-state index in [0.29, 0.717) is 31.7 Å². The molecule has 0 aliphatic heterocycles. The molecule has 0 saturated heterocycles. The van der Waals surface area contributed by atoms with Gasteiger partial charge in [-0.1, -0.05) is 53.7 Å². The molecule has 0 aromatic heterocycles. The third kappa shape index (κ3) is 14.1. The Morgan fingerprint density at radius 3 is 1.64 bits per heavy atom. The smallest absolute Gasteiger partial charge is 0.220 e. The molecule has 0 heterocycles. The molecule has 0 aliphatic carbocycles. The van der Waals surface area contributed by atoms with Gasteiger partial charge in [-0.25, -0.2) is 0 Å². The normalized spacial score (nSPS) is 14.5. The second-order valence-electron chi connectivity index (χ2n) is 14.7. The van der Waals surface area contributed by atoms with Crippen LogP contribution in [0.5, 0.6) is 5.75 Å². The number of amides is 1. The number of nitrogens with one attached hydrogen (secondary N) is 3. The summed E-state index contributed by atoms with van der Waals surface area (Å²) in [7, 11) is 0. The van der Waals surface area contributed by atoms with Crippen LogP contribution in [0.2, 0.25) is 0 Å². The summed E-state index contributed by atoms with van der Waals surface area (Å²) in [5, 5.41) is 9.73. The summed E-state index contributed by atoms with van der Waals surface area (Å²) in [5.74, 6) is 0.912. The average Bonchev–Trinajstić information content (AvgIpc) is 2.76. The quantitative estimate of drug-likeness (QED) is 0.293. The molecule has 222 valence electrons. The van der Waals surface area contributed by atoms with Crippen LogP contribution in [0.15, 0.2) is 24.3 Å². The van der Waals surface area contributed by atoms with Gasteiger partial charge in [-0.05, 0) is 72.1 Å². The van der Waals surface area contributed by atoms with E-state index in [9.17, 15) is 14.4 Å². The summed E-state index contributed by atoms with van der Waals surface area (Å²) in [6, 6.07) is 7.11. The van der Waals surface area contributed by atoms with E-state index < -0.39 is 10.8 Å². The number of carbonyl (C=O) groups is 3. The Labute approximate surface area is 237 Å². The minimum absolute atomic E-state index is 0.0997. The molecule has 0 radical (unpaired) electrons. The van der Waals surface area contributed by atoms with Gasteiger partial charge in [0.15, 0.2) is 11.6 Å². The van der Waals surface area contributed by atoms with Crippen LogP contribution in [0.1, 0.15) is 101 Å². The summed E-state index contributed by atoms with van der Waals surface area (Å²) in [6.07, 6.45) is 1.32. The van der Waals surface area contributed by atoms with Gasteiger partial charge in [-0.2, -0.15) is 0 Å². The summed E-state index contributed by atoms with van der Waals surface area (Å²) in [5.41, 5.74) is -0.251. The van der Waals surface area contributed by atoms with Crippen molar-refractivity contribution in [3.63, 3.8) is 0 Å². The van der Waals surface area contributed by atoms with Crippen molar-refractivity contribution in [2.75, 3.05) is 13.2 Å². The first kappa shape index (κ1) is 34.8. The van der Waals surface area contributed by atoms with Crippen LogP contribution >= 0.6 is 0 Å². The molecular weight excluding hydrogens is 490 g/mol. The number of hydrogen-bond acceptors (Lipinski definition) is 6. The Morgan fingerprint density at radius 1 is 0.718 bits per heavy atom. The topological polar surface area (TPSA) is 96.5 Å². The fourth-order valence-corrected chi connectivity index (χ4v) is 4.25. The van der Waals surface area contributed by atoms with Crippen LogP contribution in [0.3, 0.4) is 0 Å². The molecular formula is C32H55N3O4. The Balaban J connectivity index is 2.59. The Morgan fingerprint density at radius 2 is 1.18 bits per heavy atom. The summed E-state index contributed by atoms with van der Waals surface area (Å²) < 4.78 is 5.81. The molecule has 0 saturated carbocycles. The van der Waals surface area contributed by atoms with Gasteiger partial charge in [-0.15, -0.1) is 0 Å². The van der Waals surface area contributed by atoms with E-state index in [4.69, 9.17) is 4.74 Å². The van der Waals surface area contributed by atoms with E-state index in [2.05, 4.69) is 36.7 Å². The molecule has 1 aromatic rings. The van der Waals surface area contributed by atoms with Gasteiger partial charge in [0.2, 0.25) is 5.91 Å². The van der Waals surface area contributed by atoms with Gasteiger partial charge < -0.3 is 20.7 Å². The van der Waals surface area contributed by atoms with E-state index in [-0.39, 0.29) is 47.1 Å². The highest BCUT2D eigenvalue weighted by Gasteiger charge is 2.33. The molecule has 0 aliphatic rings. The van der Waals surface area contributed by atoms with Crippen molar-refractivity contribution in [1.29, 1.82) is 0 Å². The maximum Gasteiger partial charge on any atom is 0.220 e. The summed E-state index contributed by atoms with van der Waals surface area (Å²) in [6.45, 7) is 24.6. The fraction of sp³-hybridized carbons (Fsp3) is 0.719. The summed E-state index contributed by atoms with van der Waals surface area (Å²) >= 11 is 0. The highest BCUT2D eigenvalue weighted by molar-refractivity contribution is 5.89. The maximum atomic E-state index is 13.0. The third-order valence-corrected chi connectivity index (χ3v) is 6.04. The zero-order valence-electron chi connectivity index (χ0n) is 26.6. The summed E-state index contributed by atoms with van der Waals surface area (Å²) in [4.78, 5) is 38.3. The van der Waals surface area contributed by atoms with E-state index in [1.807, 2.05) is 86.6 Å². The van der Waals surface area contributed by atoms with Gasteiger partial charge in [-0.3, -0.25) is 14.4 Å². The first-order valence-electron chi connectivity index (χ1n) is 14.2. The molecule has 2 atom stereocenters. The lowest BCUT2D eigenvalue weighted by Crippen LogP contribution is -2.51. The molecule has 7 nitrogen and oxygen atoms in total. The highest BCUT2D eigenvalue weighted by atomic mass is 16.5. The second kappa shape index (κ2) is 13.9. The molecule has 2 unspecified atom stereocenters. The van der Waals surface area contributed by atoms with Crippen molar-refractivity contribution >= 4 is 17.5 Å². The Kier molecular flexibility index (Phi) is 12.4. The van der Waals surface area contributed by atoms with E-state index in [1.54, 1.807) is 0 Å². The molecule has 3 N–H and O–H groups in total. The Bertz CT molecular complexity index is 942. The number of ether oxygens (including phenoxy) is 1. The molecule has 1 aromatic carbocycles. The minimum Gasteiger partial charge on any atom is -0.492 e. The van der Waals surface area contributed by atoms with Crippen LogP contribution < -0.4 is 20.7 Å². The molecule has 1 amide bonds. The van der Waals surface area contributed by atoms with Crippen molar-refractivity contribution in [3.05, 3.63) is 29.8 Å². The minimum atomic E-state index is -0.477. The molecule has 7 heteroatoms. The van der Waals surface area contributed by atoms with Crippen LogP contribution in [-0.4, -0.2) is 53.8 Å². The van der Waals surface area contributed by atoms with Crippen molar-refractivity contribution in [2.24, 2.45) is 10.8 Å². The van der Waals surface area contributed by atoms with E-state index >= 15 is 0 Å². The van der Waals surface area contributed by atoms with E-state index in [1.165, 1.54) is 0 Å². The molecule has 1 rings (SSSR count). The second-order valence-corrected chi connectivity index (χ2v) is 14.7. The largest absolute Gasteiger partial charge is 0.492 e. The number of Topliss-reactive ketones (excluding diaryl/α,β-unsaturated/α-hetero) is 2. The van der Waals surface area contributed by atoms with Gasteiger partial charge >= 0.3 is 0 Å². The standard InChI is InChI=1S/C32H55N3O4/c1-29(2,3)27(37)24(34-31(7,8)9)17-18-26(36)33-19-20-39-23-15-13-22(14-16-23)21-25(35-32(10,11)12)28(38)30(4,5)6/h13-16,24-25,34-35H,17-21H2,1-12H3,(H,33,36). The number of ketones is 2. The van der Waals surface area contributed by atoms with Crippen molar-refractivity contribution < 1.29 is 19.1 Å². The Hall–Kier alpha value is -2.25.